The van der Waals surface area contributed by atoms with E-state index < -0.39 is 0 Å². The molecule has 0 aliphatic carbocycles. The largest absolute Gasteiger partial charge is 0.206 e. The van der Waals surface area contributed by atoms with E-state index in [2.05, 4.69) is 0 Å². The molecule has 0 aromatic heterocycles. The molecule has 0 saturated carbocycles. The third-order valence-electron chi connectivity index (χ3n) is 1.39. The molecule has 56 valence electrons. The summed E-state index contributed by atoms with van der Waals surface area (Å²) >= 11 is 1.86. The van der Waals surface area contributed by atoms with Gasteiger partial charge in [0.2, 0.25) is 0 Å². The van der Waals surface area contributed by atoms with E-state index in [1.807, 2.05) is 28.7 Å². The molecule has 0 fully saturated rings. The molecule has 0 bridgehead atoms. The summed E-state index contributed by atoms with van der Waals surface area (Å²) in [5, 5.41) is 8.56. The summed E-state index contributed by atoms with van der Waals surface area (Å²) in [6.07, 6.45) is 0. The van der Waals surface area contributed by atoms with Gasteiger partial charge in [-0.3, -0.25) is 0 Å². The first kappa shape index (κ1) is 8.47. The van der Waals surface area contributed by atoms with Crippen LogP contribution in [0.1, 0.15) is 11.1 Å². The topological polar surface area (TPSA) is 23.8 Å². The maximum Gasteiger partial charge on any atom is 0.136 e. The van der Waals surface area contributed by atoms with Crippen LogP contribution in [-0.4, -0.2) is 0 Å². The molecule has 3 heteroatoms. The van der Waals surface area contributed by atoms with Crippen LogP contribution in [0.2, 0.25) is 0 Å². The lowest BCUT2D eigenvalue weighted by molar-refractivity contribution is 0.619. The summed E-state index contributed by atoms with van der Waals surface area (Å²) in [5.41, 5.74) is 1.22. The Bertz CT molecular complexity index is 328. The highest BCUT2D eigenvalue weighted by molar-refractivity contribution is 14.1. The Kier molecular flexibility index (Phi) is 2.45. The van der Waals surface area contributed by atoms with Gasteiger partial charge in [-0.1, -0.05) is 0 Å². The van der Waals surface area contributed by atoms with Gasteiger partial charge < -0.3 is 0 Å². The van der Waals surface area contributed by atoms with E-state index in [0.29, 0.717) is 14.7 Å². The van der Waals surface area contributed by atoms with E-state index in [-0.39, 0.29) is 5.82 Å². The Morgan fingerprint density at radius 3 is 2.73 bits per heavy atom. The number of hydrogen-bond donors (Lipinski definition) is 0. The molecule has 1 nitrogen and oxygen atoms in total. The van der Waals surface area contributed by atoms with Crippen LogP contribution >= 0.6 is 22.6 Å². The van der Waals surface area contributed by atoms with Gasteiger partial charge in [-0.25, -0.2) is 4.39 Å². The Labute approximate surface area is 78.0 Å². The fraction of sp³-hybridized carbons (Fsp3) is 0.125. The molecular weight excluding hydrogens is 256 g/mol. The van der Waals surface area contributed by atoms with Crippen LogP contribution in [0.5, 0.6) is 0 Å². The minimum atomic E-state index is -0.262. The Morgan fingerprint density at radius 2 is 2.18 bits per heavy atom. The van der Waals surface area contributed by atoms with Crippen LogP contribution in [0.4, 0.5) is 4.39 Å². The molecule has 0 heterocycles. The highest BCUT2D eigenvalue weighted by Crippen LogP contribution is 2.15. The van der Waals surface area contributed by atoms with Gasteiger partial charge in [0.05, 0.1) is 15.2 Å². The molecule has 0 aliphatic heterocycles. The van der Waals surface area contributed by atoms with E-state index in [1.54, 1.807) is 13.0 Å². The average molecular weight is 261 g/mol. The van der Waals surface area contributed by atoms with E-state index in [4.69, 9.17) is 5.26 Å². The highest BCUT2D eigenvalue weighted by Gasteiger charge is 2.03. The molecule has 0 atom stereocenters. The number of rotatable bonds is 0. The van der Waals surface area contributed by atoms with Crippen molar-refractivity contribution in [2.75, 3.05) is 0 Å². The predicted molar refractivity (Wildman–Crippen MR) is 48.6 cm³/mol. The third-order valence-corrected chi connectivity index (χ3v) is 2.21. The van der Waals surface area contributed by atoms with Crippen LogP contribution in [0, 0.1) is 27.6 Å². The second kappa shape index (κ2) is 3.18. The molecule has 0 N–H and O–H groups in total. The van der Waals surface area contributed by atoms with E-state index in [1.165, 1.54) is 6.07 Å². The quantitative estimate of drug-likeness (QED) is 0.658. The number of nitrogens with zero attached hydrogens (tertiary/aromatic N) is 1. The van der Waals surface area contributed by atoms with Crippen molar-refractivity contribution in [3.05, 3.63) is 32.6 Å². The molecule has 1 aromatic carbocycles. The van der Waals surface area contributed by atoms with Gasteiger partial charge >= 0.3 is 0 Å². The van der Waals surface area contributed by atoms with Gasteiger partial charge in [0.15, 0.2) is 0 Å². The van der Waals surface area contributed by atoms with Crippen molar-refractivity contribution in [2.24, 2.45) is 0 Å². The molecule has 0 amide bonds. The maximum atomic E-state index is 12.8. The zero-order valence-corrected chi connectivity index (χ0v) is 8.02. The van der Waals surface area contributed by atoms with Gasteiger partial charge in [0.25, 0.3) is 0 Å². The fourth-order valence-corrected chi connectivity index (χ4v) is 1.23. The predicted octanol–water partition coefficient (Wildman–Crippen LogP) is 2.61. The second-order valence-electron chi connectivity index (χ2n) is 2.19. The van der Waals surface area contributed by atoms with E-state index >= 15 is 0 Å². The molecule has 0 spiro atoms. The minimum Gasteiger partial charge on any atom is -0.206 e. The lowest BCUT2D eigenvalue weighted by atomic mass is 10.1. The summed E-state index contributed by atoms with van der Waals surface area (Å²) < 4.78 is 13.3. The number of hydrogen-bond acceptors (Lipinski definition) is 1. The Morgan fingerprint density at radius 1 is 1.55 bits per heavy atom. The molecule has 1 rings (SSSR count). The van der Waals surface area contributed by atoms with Crippen molar-refractivity contribution in [1.29, 1.82) is 5.26 Å². The smallest absolute Gasteiger partial charge is 0.136 e. The lowest BCUT2D eigenvalue weighted by Crippen LogP contribution is -1.88. The summed E-state index contributed by atoms with van der Waals surface area (Å²) in [4.78, 5) is 0. The first-order valence-corrected chi connectivity index (χ1v) is 4.09. The van der Waals surface area contributed by atoms with Gasteiger partial charge in [-0.2, -0.15) is 5.26 Å². The first-order valence-electron chi connectivity index (χ1n) is 3.01. The zero-order chi connectivity index (χ0) is 8.43. The van der Waals surface area contributed by atoms with E-state index in [9.17, 15) is 4.39 Å². The molecule has 1 aromatic rings. The van der Waals surface area contributed by atoms with Gasteiger partial charge in [-0.05, 0) is 47.2 Å². The second-order valence-corrected chi connectivity index (χ2v) is 3.36. The average Bonchev–Trinajstić information content (AvgIpc) is 1.97. The normalized spacial score (nSPS) is 9.27. The van der Waals surface area contributed by atoms with Crippen molar-refractivity contribution >= 4 is 22.6 Å². The molecular formula is C8H5FIN. The fourth-order valence-electron chi connectivity index (χ4n) is 0.767. The van der Waals surface area contributed by atoms with E-state index in [0.717, 1.165) is 0 Å². The molecule has 0 saturated heterocycles. The maximum absolute atomic E-state index is 12.8. The van der Waals surface area contributed by atoms with Crippen molar-refractivity contribution in [3.8, 4) is 6.07 Å². The van der Waals surface area contributed by atoms with Crippen molar-refractivity contribution in [3.63, 3.8) is 0 Å². The summed E-state index contributed by atoms with van der Waals surface area (Å²) in [7, 11) is 0. The van der Waals surface area contributed by atoms with Crippen molar-refractivity contribution in [1.82, 2.24) is 0 Å². The van der Waals surface area contributed by atoms with Crippen LogP contribution in [-0.2, 0) is 0 Å². The van der Waals surface area contributed by atoms with Crippen molar-refractivity contribution in [2.45, 2.75) is 6.92 Å². The van der Waals surface area contributed by atoms with Gasteiger partial charge in [0, 0.05) is 0 Å². The molecule has 0 unspecified atom stereocenters. The van der Waals surface area contributed by atoms with Crippen LogP contribution < -0.4 is 0 Å². The molecule has 11 heavy (non-hydrogen) atoms. The molecule has 0 radical (unpaired) electrons. The Hall–Kier alpha value is -0.630. The first-order chi connectivity index (χ1) is 5.15. The monoisotopic (exact) mass is 261 g/mol. The van der Waals surface area contributed by atoms with Crippen LogP contribution in [0.3, 0.4) is 0 Å². The zero-order valence-electron chi connectivity index (χ0n) is 5.86. The van der Waals surface area contributed by atoms with Crippen LogP contribution in [0.25, 0.3) is 0 Å². The number of benzene rings is 1. The number of nitriles is 1. The lowest BCUT2D eigenvalue weighted by Gasteiger charge is -1.98. The van der Waals surface area contributed by atoms with Gasteiger partial charge in [0.1, 0.15) is 5.82 Å². The van der Waals surface area contributed by atoms with Crippen LogP contribution in [0.15, 0.2) is 12.1 Å². The van der Waals surface area contributed by atoms with Gasteiger partial charge in [-0.15, -0.1) is 0 Å². The summed E-state index contributed by atoms with van der Waals surface area (Å²) in [5.74, 6) is -0.262. The summed E-state index contributed by atoms with van der Waals surface area (Å²) in [6, 6.07) is 4.91. The van der Waals surface area contributed by atoms with Crippen molar-refractivity contribution < 1.29 is 4.39 Å². The SMILES string of the molecule is Cc1cc(F)c(I)cc1C#N. The standard InChI is InChI=1S/C8H5FIN/c1-5-2-7(9)8(10)3-6(5)4-11/h2-3H,1H3. The molecule has 0 aliphatic rings. The number of aryl methyl sites for hydroxylation is 1. The summed E-state index contributed by atoms with van der Waals surface area (Å²) in [6.45, 7) is 1.72. The highest BCUT2D eigenvalue weighted by atomic mass is 127. The number of halogens is 2. The minimum absolute atomic E-state index is 0.262. The Balaban J connectivity index is 3.35. The third kappa shape index (κ3) is 1.69.